The topological polar surface area (TPSA) is 32.7 Å². The van der Waals surface area contributed by atoms with Crippen molar-refractivity contribution < 1.29 is 9.84 Å². The average Bonchev–Trinajstić information content (AvgIpc) is 2.39. The summed E-state index contributed by atoms with van der Waals surface area (Å²) < 4.78 is 5.15. The van der Waals surface area contributed by atoms with Crippen LogP contribution in [0, 0.1) is 5.92 Å². The van der Waals surface area contributed by atoms with Crippen LogP contribution >= 0.6 is 0 Å². The molecule has 0 bridgehead atoms. The molecule has 0 aliphatic rings. The molecule has 0 aliphatic carbocycles. The Bertz CT molecular complexity index is 329. The maximum absolute atomic E-state index is 10.3. The predicted molar refractivity (Wildman–Crippen MR) is 74.5 cm³/mol. The van der Waals surface area contributed by atoms with Gasteiger partial charge in [0.1, 0.15) is 0 Å². The number of aliphatic hydroxyl groups excluding tert-OH is 1. The summed E-state index contributed by atoms with van der Waals surface area (Å²) in [6.45, 7) is 5.77. The zero-order valence-electron chi connectivity index (χ0n) is 11.8. The summed E-state index contributed by atoms with van der Waals surface area (Å²) in [7, 11) is 3.78. The van der Waals surface area contributed by atoms with E-state index in [0.717, 1.165) is 12.1 Å². The molecule has 0 aliphatic heterocycles. The quantitative estimate of drug-likeness (QED) is 0.807. The Morgan fingerprint density at radius 1 is 1.22 bits per heavy atom. The second-order valence-electron chi connectivity index (χ2n) is 5.08. The van der Waals surface area contributed by atoms with Gasteiger partial charge in [0.05, 0.1) is 12.7 Å². The number of nitrogens with zero attached hydrogens (tertiary/aromatic N) is 1. The average molecular weight is 251 g/mol. The van der Waals surface area contributed by atoms with E-state index in [9.17, 15) is 5.11 Å². The molecule has 3 unspecified atom stereocenters. The molecule has 102 valence electrons. The van der Waals surface area contributed by atoms with Crippen LogP contribution in [0.15, 0.2) is 30.3 Å². The molecule has 0 saturated heterocycles. The van der Waals surface area contributed by atoms with Crippen molar-refractivity contribution in [3.63, 3.8) is 0 Å². The molecule has 0 radical (unpaired) electrons. The van der Waals surface area contributed by atoms with Crippen molar-refractivity contribution in [2.24, 2.45) is 5.92 Å². The second kappa shape index (κ2) is 7.52. The number of methoxy groups -OCH3 is 1. The van der Waals surface area contributed by atoms with E-state index in [1.165, 1.54) is 0 Å². The molecule has 0 fully saturated rings. The van der Waals surface area contributed by atoms with Gasteiger partial charge in [-0.25, -0.2) is 0 Å². The van der Waals surface area contributed by atoms with Gasteiger partial charge in [0, 0.05) is 19.7 Å². The van der Waals surface area contributed by atoms with Crippen molar-refractivity contribution in [3.8, 4) is 0 Å². The number of rotatable bonds is 7. The van der Waals surface area contributed by atoms with Crippen molar-refractivity contribution in [1.29, 1.82) is 0 Å². The van der Waals surface area contributed by atoms with Crippen molar-refractivity contribution >= 4 is 0 Å². The molecule has 0 heterocycles. The molecule has 3 heteroatoms. The smallest absolute Gasteiger partial charge is 0.0827 e. The van der Waals surface area contributed by atoms with Crippen LogP contribution in [-0.4, -0.2) is 43.4 Å². The van der Waals surface area contributed by atoms with Gasteiger partial charge in [-0.3, -0.25) is 0 Å². The molecule has 0 aromatic heterocycles. The minimum Gasteiger partial charge on any atom is -0.388 e. The first-order valence-electron chi connectivity index (χ1n) is 6.48. The van der Waals surface area contributed by atoms with E-state index in [2.05, 4.69) is 25.8 Å². The fraction of sp³-hybridized carbons (Fsp3) is 0.600. The van der Waals surface area contributed by atoms with Crippen LogP contribution in [-0.2, 0) is 4.74 Å². The van der Waals surface area contributed by atoms with Crippen LogP contribution in [0.25, 0.3) is 0 Å². The lowest BCUT2D eigenvalue weighted by molar-refractivity contribution is 0.0640. The lowest BCUT2D eigenvalue weighted by Gasteiger charge is -2.29. The molecule has 1 aromatic carbocycles. The van der Waals surface area contributed by atoms with E-state index in [4.69, 9.17) is 4.74 Å². The summed E-state index contributed by atoms with van der Waals surface area (Å²) >= 11 is 0. The van der Waals surface area contributed by atoms with Gasteiger partial charge in [0.15, 0.2) is 0 Å². The maximum Gasteiger partial charge on any atom is 0.0827 e. The highest BCUT2D eigenvalue weighted by Gasteiger charge is 2.19. The maximum atomic E-state index is 10.3. The molecule has 3 nitrogen and oxygen atoms in total. The summed E-state index contributed by atoms with van der Waals surface area (Å²) in [5.41, 5.74) is 0.984. The van der Waals surface area contributed by atoms with Crippen LogP contribution in [0.3, 0.4) is 0 Å². The van der Waals surface area contributed by atoms with Crippen LogP contribution in [0.5, 0.6) is 0 Å². The fourth-order valence-electron chi connectivity index (χ4n) is 2.08. The van der Waals surface area contributed by atoms with E-state index >= 15 is 0 Å². The normalized spacial score (nSPS) is 16.6. The summed E-state index contributed by atoms with van der Waals surface area (Å²) in [6, 6.07) is 10.2. The molecule has 3 atom stereocenters. The second-order valence-corrected chi connectivity index (χ2v) is 5.08. The zero-order valence-corrected chi connectivity index (χ0v) is 11.8. The Morgan fingerprint density at radius 2 is 1.83 bits per heavy atom. The van der Waals surface area contributed by atoms with Gasteiger partial charge in [-0.2, -0.15) is 0 Å². The highest BCUT2D eigenvalue weighted by atomic mass is 16.5. The lowest BCUT2D eigenvalue weighted by Crippen LogP contribution is -2.37. The predicted octanol–water partition coefficient (Wildman–Crippen LogP) is 2.32. The third-order valence-electron chi connectivity index (χ3n) is 3.42. The van der Waals surface area contributed by atoms with Gasteiger partial charge in [0.25, 0.3) is 0 Å². The molecule has 1 rings (SSSR count). The number of hydrogen-bond acceptors (Lipinski definition) is 3. The highest BCUT2D eigenvalue weighted by Crippen LogP contribution is 2.22. The van der Waals surface area contributed by atoms with Crippen molar-refractivity contribution in [3.05, 3.63) is 35.9 Å². The number of aliphatic hydroxyl groups is 1. The number of benzene rings is 1. The largest absolute Gasteiger partial charge is 0.388 e. The molecular weight excluding hydrogens is 226 g/mol. The van der Waals surface area contributed by atoms with Crippen LogP contribution in [0.2, 0.25) is 0 Å². The van der Waals surface area contributed by atoms with Gasteiger partial charge in [-0.15, -0.1) is 0 Å². The van der Waals surface area contributed by atoms with Crippen molar-refractivity contribution in [2.45, 2.75) is 26.0 Å². The van der Waals surface area contributed by atoms with Crippen molar-refractivity contribution in [1.82, 2.24) is 4.90 Å². The molecule has 0 spiro atoms. The van der Waals surface area contributed by atoms with Gasteiger partial charge in [-0.05, 0) is 25.5 Å². The SMILES string of the molecule is COCC(C)N(C)CC(C)C(O)c1ccccc1. The fourth-order valence-corrected chi connectivity index (χ4v) is 2.08. The molecule has 18 heavy (non-hydrogen) atoms. The minimum atomic E-state index is -0.414. The summed E-state index contributed by atoms with van der Waals surface area (Å²) in [4.78, 5) is 2.22. The monoisotopic (exact) mass is 251 g/mol. The van der Waals surface area contributed by atoms with E-state index in [0.29, 0.717) is 12.6 Å². The van der Waals surface area contributed by atoms with E-state index in [1.54, 1.807) is 7.11 Å². The Labute approximate surface area is 110 Å². The zero-order chi connectivity index (χ0) is 13.5. The molecule has 1 aromatic rings. The molecule has 0 saturated carbocycles. The third-order valence-corrected chi connectivity index (χ3v) is 3.42. The number of hydrogen-bond donors (Lipinski definition) is 1. The van der Waals surface area contributed by atoms with E-state index < -0.39 is 6.10 Å². The number of likely N-dealkylation sites (N-methyl/N-ethyl adjacent to an activating group) is 1. The van der Waals surface area contributed by atoms with Gasteiger partial charge >= 0.3 is 0 Å². The standard InChI is InChI=1S/C15H25NO2/c1-12(10-16(3)13(2)11-18-4)15(17)14-8-6-5-7-9-14/h5-9,12-13,15,17H,10-11H2,1-4H3. The van der Waals surface area contributed by atoms with Gasteiger partial charge in [-0.1, -0.05) is 37.3 Å². The molecule has 1 N–H and O–H groups in total. The van der Waals surface area contributed by atoms with E-state index in [1.807, 2.05) is 30.3 Å². The molecular formula is C15H25NO2. The summed E-state index contributed by atoms with van der Waals surface area (Å²) in [6.07, 6.45) is -0.414. The molecule has 0 amide bonds. The Kier molecular flexibility index (Phi) is 6.33. The van der Waals surface area contributed by atoms with Gasteiger partial charge in [0.2, 0.25) is 0 Å². The summed E-state index contributed by atoms with van der Waals surface area (Å²) in [5, 5.41) is 10.3. The Balaban J connectivity index is 2.52. The first kappa shape index (κ1) is 15.2. The third kappa shape index (κ3) is 4.41. The first-order valence-corrected chi connectivity index (χ1v) is 6.48. The van der Waals surface area contributed by atoms with Crippen LogP contribution in [0.4, 0.5) is 0 Å². The first-order chi connectivity index (χ1) is 8.56. The highest BCUT2D eigenvalue weighted by molar-refractivity contribution is 5.17. The Hall–Kier alpha value is -0.900. The van der Waals surface area contributed by atoms with Crippen molar-refractivity contribution in [2.75, 3.05) is 27.3 Å². The van der Waals surface area contributed by atoms with Crippen LogP contribution in [0.1, 0.15) is 25.5 Å². The number of ether oxygens (including phenoxy) is 1. The summed E-state index contributed by atoms with van der Waals surface area (Å²) in [5.74, 6) is 0.191. The van der Waals surface area contributed by atoms with Crippen LogP contribution < -0.4 is 0 Å². The minimum absolute atomic E-state index is 0.191. The van der Waals surface area contributed by atoms with E-state index in [-0.39, 0.29) is 5.92 Å². The Morgan fingerprint density at radius 3 is 2.39 bits per heavy atom. The van der Waals surface area contributed by atoms with Gasteiger partial charge < -0.3 is 14.7 Å². The lowest BCUT2D eigenvalue weighted by atomic mass is 9.97.